The Bertz CT molecular complexity index is 367. The molecule has 1 atom stereocenters. The SMILES string of the molecule is NC1CCC(=O)N(CCOc2ccccc2)C1. The summed E-state index contributed by atoms with van der Waals surface area (Å²) in [6, 6.07) is 9.73. The Morgan fingerprint density at radius 1 is 1.35 bits per heavy atom. The Hall–Kier alpha value is -1.55. The minimum Gasteiger partial charge on any atom is -0.492 e. The van der Waals surface area contributed by atoms with Crippen molar-refractivity contribution in [1.29, 1.82) is 0 Å². The van der Waals surface area contributed by atoms with Gasteiger partial charge in [-0.2, -0.15) is 0 Å². The van der Waals surface area contributed by atoms with E-state index >= 15 is 0 Å². The molecule has 0 aromatic heterocycles. The summed E-state index contributed by atoms with van der Waals surface area (Å²) in [5.41, 5.74) is 5.84. The quantitative estimate of drug-likeness (QED) is 0.846. The lowest BCUT2D eigenvalue weighted by atomic mass is 10.1. The largest absolute Gasteiger partial charge is 0.492 e. The number of carbonyl (C=O) groups excluding carboxylic acids is 1. The van der Waals surface area contributed by atoms with Crippen LogP contribution >= 0.6 is 0 Å². The molecule has 0 saturated carbocycles. The zero-order valence-corrected chi connectivity index (χ0v) is 9.84. The molecular weight excluding hydrogens is 216 g/mol. The predicted octanol–water partition coefficient (Wildman–Crippen LogP) is 1.02. The van der Waals surface area contributed by atoms with E-state index in [2.05, 4.69) is 0 Å². The molecule has 1 fully saturated rings. The molecule has 1 heterocycles. The molecule has 4 heteroatoms. The van der Waals surface area contributed by atoms with E-state index in [9.17, 15) is 4.79 Å². The Balaban J connectivity index is 1.76. The molecular formula is C13H18N2O2. The first kappa shape index (κ1) is 11.9. The molecule has 0 radical (unpaired) electrons. The molecule has 0 spiro atoms. The maximum Gasteiger partial charge on any atom is 0.222 e. The Kier molecular flexibility index (Phi) is 3.98. The van der Waals surface area contributed by atoms with Crippen LogP contribution in [0.4, 0.5) is 0 Å². The Morgan fingerprint density at radius 2 is 2.12 bits per heavy atom. The maximum absolute atomic E-state index is 11.6. The number of likely N-dealkylation sites (tertiary alicyclic amines) is 1. The van der Waals surface area contributed by atoms with Gasteiger partial charge in [0.25, 0.3) is 0 Å². The predicted molar refractivity (Wildman–Crippen MR) is 65.7 cm³/mol. The average molecular weight is 234 g/mol. The van der Waals surface area contributed by atoms with Gasteiger partial charge in [-0.25, -0.2) is 0 Å². The fourth-order valence-corrected chi connectivity index (χ4v) is 1.95. The minimum absolute atomic E-state index is 0.115. The van der Waals surface area contributed by atoms with Gasteiger partial charge in [0.1, 0.15) is 12.4 Å². The number of benzene rings is 1. The number of rotatable bonds is 4. The molecule has 92 valence electrons. The van der Waals surface area contributed by atoms with Crippen LogP contribution in [0.2, 0.25) is 0 Å². The average Bonchev–Trinajstić information content (AvgIpc) is 2.35. The first-order valence-corrected chi connectivity index (χ1v) is 5.97. The lowest BCUT2D eigenvalue weighted by molar-refractivity contribution is -0.134. The molecule has 1 aliphatic rings. The fourth-order valence-electron chi connectivity index (χ4n) is 1.95. The molecule has 1 aliphatic heterocycles. The van der Waals surface area contributed by atoms with Gasteiger partial charge in [0, 0.05) is 19.0 Å². The molecule has 1 aromatic carbocycles. The lowest BCUT2D eigenvalue weighted by Crippen LogP contribution is -2.47. The zero-order valence-electron chi connectivity index (χ0n) is 9.84. The monoisotopic (exact) mass is 234 g/mol. The summed E-state index contributed by atoms with van der Waals surface area (Å²) in [4.78, 5) is 13.4. The van der Waals surface area contributed by atoms with Crippen LogP contribution < -0.4 is 10.5 Å². The van der Waals surface area contributed by atoms with Crippen LogP contribution in [0.1, 0.15) is 12.8 Å². The summed E-state index contributed by atoms with van der Waals surface area (Å²) in [5, 5.41) is 0. The molecule has 2 N–H and O–H groups in total. The maximum atomic E-state index is 11.6. The van der Waals surface area contributed by atoms with E-state index < -0.39 is 0 Å². The number of ether oxygens (including phenoxy) is 1. The minimum atomic E-state index is 0.115. The van der Waals surface area contributed by atoms with Gasteiger partial charge in [-0.1, -0.05) is 18.2 Å². The third kappa shape index (κ3) is 3.46. The van der Waals surface area contributed by atoms with Crippen LogP contribution in [0.5, 0.6) is 5.75 Å². The number of amides is 1. The number of hydrogen-bond donors (Lipinski definition) is 1. The van der Waals surface area contributed by atoms with Gasteiger partial charge >= 0.3 is 0 Å². The Labute approximate surface area is 101 Å². The van der Waals surface area contributed by atoms with E-state index in [0.29, 0.717) is 26.1 Å². The van der Waals surface area contributed by atoms with E-state index in [1.165, 1.54) is 0 Å². The number of para-hydroxylation sites is 1. The zero-order chi connectivity index (χ0) is 12.1. The van der Waals surface area contributed by atoms with Crippen molar-refractivity contribution in [2.24, 2.45) is 5.73 Å². The fraction of sp³-hybridized carbons (Fsp3) is 0.462. The third-order valence-electron chi connectivity index (χ3n) is 2.91. The van der Waals surface area contributed by atoms with Crippen molar-refractivity contribution < 1.29 is 9.53 Å². The summed E-state index contributed by atoms with van der Waals surface area (Å²) in [7, 11) is 0. The third-order valence-corrected chi connectivity index (χ3v) is 2.91. The molecule has 0 bridgehead atoms. The van der Waals surface area contributed by atoms with Crippen molar-refractivity contribution in [2.75, 3.05) is 19.7 Å². The molecule has 17 heavy (non-hydrogen) atoms. The number of carbonyl (C=O) groups is 1. The van der Waals surface area contributed by atoms with Gasteiger partial charge < -0.3 is 15.4 Å². The lowest BCUT2D eigenvalue weighted by Gasteiger charge is -2.30. The highest BCUT2D eigenvalue weighted by molar-refractivity contribution is 5.77. The van der Waals surface area contributed by atoms with Crippen molar-refractivity contribution in [2.45, 2.75) is 18.9 Å². The summed E-state index contributed by atoms with van der Waals surface area (Å²) in [5.74, 6) is 1.02. The summed E-state index contributed by atoms with van der Waals surface area (Å²) in [6.07, 6.45) is 1.36. The molecule has 4 nitrogen and oxygen atoms in total. The van der Waals surface area contributed by atoms with Crippen molar-refractivity contribution in [3.05, 3.63) is 30.3 Å². The number of nitrogens with zero attached hydrogens (tertiary/aromatic N) is 1. The second kappa shape index (κ2) is 5.68. The highest BCUT2D eigenvalue weighted by Crippen LogP contribution is 2.11. The van der Waals surface area contributed by atoms with E-state index in [1.54, 1.807) is 4.90 Å². The van der Waals surface area contributed by atoms with E-state index in [1.807, 2.05) is 30.3 Å². The summed E-state index contributed by atoms with van der Waals surface area (Å²) >= 11 is 0. The second-order valence-corrected chi connectivity index (χ2v) is 4.30. The first-order chi connectivity index (χ1) is 8.25. The number of nitrogens with two attached hydrogens (primary N) is 1. The van der Waals surface area contributed by atoms with Crippen LogP contribution in [0.3, 0.4) is 0 Å². The van der Waals surface area contributed by atoms with Crippen molar-refractivity contribution in [3.8, 4) is 5.75 Å². The smallest absolute Gasteiger partial charge is 0.222 e. The van der Waals surface area contributed by atoms with Crippen LogP contribution in [0, 0.1) is 0 Å². The highest BCUT2D eigenvalue weighted by atomic mass is 16.5. The first-order valence-electron chi connectivity index (χ1n) is 5.97. The molecule has 1 amide bonds. The molecule has 1 aromatic rings. The van der Waals surface area contributed by atoms with Crippen LogP contribution in [0.25, 0.3) is 0 Å². The van der Waals surface area contributed by atoms with Gasteiger partial charge in [0.2, 0.25) is 5.91 Å². The summed E-state index contributed by atoms with van der Waals surface area (Å²) in [6.45, 7) is 1.78. The summed E-state index contributed by atoms with van der Waals surface area (Å²) < 4.78 is 5.56. The van der Waals surface area contributed by atoms with Crippen molar-refractivity contribution in [3.63, 3.8) is 0 Å². The van der Waals surface area contributed by atoms with Gasteiger partial charge in [-0.3, -0.25) is 4.79 Å². The van der Waals surface area contributed by atoms with Crippen molar-refractivity contribution >= 4 is 5.91 Å². The van der Waals surface area contributed by atoms with E-state index in [-0.39, 0.29) is 11.9 Å². The molecule has 0 aliphatic carbocycles. The van der Waals surface area contributed by atoms with Crippen LogP contribution in [0.15, 0.2) is 30.3 Å². The van der Waals surface area contributed by atoms with E-state index in [4.69, 9.17) is 10.5 Å². The molecule has 1 unspecified atom stereocenters. The van der Waals surface area contributed by atoms with Crippen LogP contribution in [-0.2, 0) is 4.79 Å². The van der Waals surface area contributed by atoms with E-state index in [0.717, 1.165) is 12.2 Å². The molecule has 2 rings (SSSR count). The van der Waals surface area contributed by atoms with Crippen molar-refractivity contribution in [1.82, 2.24) is 4.90 Å². The number of hydrogen-bond acceptors (Lipinski definition) is 3. The Morgan fingerprint density at radius 3 is 2.88 bits per heavy atom. The van der Waals surface area contributed by atoms with Crippen LogP contribution in [-0.4, -0.2) is 36.5 Å². The van der Waals surface area contributed by atoms with Gasteiger partial charge in [-0.15, -0.1) is 0 Å². The van der Waals surface area contributed by atoms with Gasteiger partial charge in [-0.05, 0) is 18.6 Å². The topological polar surface area (TPSA) is 55.6 Å². The van der Waals surface area contributed by atoms with Gasteiger partial charge in [0.05, 0.1) is 6.54 Å². The highest BCUT2D eigenvalue weighted by Gasteiger charge is 2.22. The second-order valence-electron chi connectivity index (χ2n) is 4.30. The number of piperidine rings is 1. The van der Waals surface area contributed by atoms with Gasteiger partial charge in [0.15, 0.2) is 0 Å². The normalized spacial score (nSPS) is 20.4. The standard InChI is InChI=1S/C13H18N2O2/c14-11-6-7-13(16)15(10-11)8-9-17-12-4-2-1-3-5-12/h1-5,11H,6-10,14H2. The molecule has 1 saturated heterocycles.